The van der Waals surface area contributed by atoms with Gasteiger partial charge in [0.05, 0.1) is 31.9 Å². The van der Waals surface area contributed by atoms with Crippen molar-refractivity contribution < 1.29 is 14.2 Å². The average Bonchev–Trinajstić information content (AvgIpc) is 3.63. The van der Waals surface area contributed by atoms with Gasteiger partial charge in [-0.2, -0.15) is 0 Å². The number of hydrogen-bond donors (Lipinski definition) is 4. The predicted molar refractivity (Wildman–Crippen MR) is 175 cm³/mol. The smallest absolute Gasteiger partial charge is 0.243 e. The van der Waals surface area contributed by atoms with Gasteiger partial charge in [0.2, 0.25) is 12.7 Å². The van der Waals surface area contributed by atoms with Gasteiger partial charge in [0.1, 0.15) is 37.9 Å². The molecule has 0 aliphatic rings. The maximum Gasteiger partial charge on any atom is 0.243 e. The normalized spacial score (nSPS) is 13.0. The van der Waals surface area contributed by atoms with Gasteiger partial charge >= 0.3 is 0 Å². The molecule has 0 bridgehead atoms. The molecule has 226 valence electrons. The standard InChI is InChI=1S/C33H39N10O/c1-24(35-13-15-42-19-17-40(3)22-42)26-5-9-28(10-6-26)37-30-21-31(44)32(34)39-33(30)38-29-11-7-27(8-12-29)25(2)36-14-16-43-20-18-41(4)23-43/h5-14,17-25,37H,15-16H2,1-4H3,(H3-,34,38,39,44)/q+1/p+1. The molecule has 2 aromatic carbocycles. The zero-order chi connectivity index (χ0) is 31.1. The number of pyridine rings is 1. The molecular weight excluding hydrogens is 552 g/mol. The molecule has 0 fully saturated rings. The van der Waals surface area contributed by atoms with Crippen molar-refractivity contribution in [2.45, 2.75) is 39.0 Å². The minimum atomic E-state index is -0.0929. The number of aromatic hydroxyl groups is 1. The highest BCUT2D eigenvalue weighted by molar-refractivity contribution is 5.79. The molecule has 0 aliphatic heterocycles. The highest BCUT2D eigenvalue weighted by Crippen LogP contribution is 2.33. The zero-order valence-corrected chi connectivity index (χ0v) is 25.5. The van der Waals surface area contributed by atoms with Crippen molar-refractivity contribution in [1.82, 2.24) is 14.1 Å². The minimum Gasteiger partial charge on any atom is -0.504 e. The lowest BCUT2D eigenvalue weighted by Gasteiger charge is -2.16. The molecule has 3 heterocycles. The third kappa shape index (κ3) is 7.88. The molecule has 11 heteroatoms. The van der Waals surface area contributed by atoms with E-state index < -0.39 is 0 Å². The Balaban J connectivity index is 1.22. The summed E-state index contributed by atoms with van der Waals surface area (Å²) < 4.78 is 8.15. The van der Waals surface area contributed by atoms with Crippen molar-refractivity contribution in [3.8, 4) is 5.75 Å². The van der Waals surface area contributed by atoms with Crippen molar-refractivity contribution in [1.29, 1.82) is 0 Å². The van der Waals surface area contributed by atoms with Gasteiger partial charge in [-0.15, -0.1) is 0 Å². The lowest BCUT2D eigenvalue weighted by Crippen LogP contribution is -2.23. The van der Waals surface area contributed by atoms with Crippen LogP contribution in [0.2, 0.25) is 0 Å². The van der Waals surface area contributed by atoms with Gasteiger partial charge in [0, 0.05) is 29.9 Å². The lowest BCUT2D eigenvalue weighted by molar-refractivity contribution is -0.671. The van der Waals surface area contributed by atoms with Crippen LogP contribution in [0.5, 0.6) is 5.75 Å². The first kappa shape index (κ1) is 30.0. The summed E-state index contributed by atoms with van der Waals surface area (Å²) in [7, 11) is 3.99. The second kappa shape index (κ2) is 13.7. The second-order valence-electron chi connectivity index (χ2n) is 10.8. The van der Waals surface area contributed by atoms with Crippen LogP contribution in [0.1, 0.15) is 37.1 Å². The summed E-state index contributed by atoms with van der Waals surface area (Å²) >= 11 is 0. The SMILES string of the molecule is CC(N=CCn1cc[n+](C)c1)c1ccc(Nc2cc(O)c(N)nc2Nc2ccc(C(C)N=CCn3cc[n+](C)c3)cc2)cc1. The van der Waals surface area contributed by atoms with E-state index in [1.807, 2.05) is 122 Å². The van der Waals surface area contributed by atoms with Crippen LogP contribution in [0.3, 0.4) is 0 Å². The van der Waals surface area contributed by atoms with E-state index in [4.69, 9.17) is 5.73 Å². The molecule has 0 spiro atoms. The number of aliphatic imine (C=N–C) groups is 2. The van der Waals surface area contributed by atoms with Gasteiger partial charge in [-0.05, 0) is 49.2 Å². The van der Waals surface area contributed by atoms with Gasteiger partial charge in [-0.3, -0.25) is 9.98 Å². The molecule has 5 N–H and O–H groups in total. The predicted octanol–water partition coefficient (Wildman–Crippen LogP) is 4.77. The monoisotopic (exact) mass is 592 g/mol. The Bertz CT molecular complexity index is 1610. The Kier molecular flexibility index (Phi) is 9.34. The van der Waals surface area contributed by atoms with E-state index in [-0.39, 0.29) is 23.7 Å². The van der Waals surface area contributed by atoms with Crippen LogP contribution < -0.4 is 25.5 Å². The third-order valence-electron chi connectivity index (χ3n) is 7.25. The molecule has 3 aromatic heterocycles. The highest BCUT2D eigenvalue weighted by Gasteiger charge is 2.12. The van der Waals surface area contributed by atoms with Crippen LogP contribution in [0.4, 0.5) is 28.7 Å². The van der Waals surface area contributed by atoms with Crippen molar-refractivity contribution in [3.05, 3.63) is 103 Å². The maximum absolute atomic E-state index is 10.3. The van der Waals surface area contributed by atoms with Gasteiger partial charge in [0.25, 0.3) is 0 Å². The number of aryl methyl sites for hydroxylation is 2. The number of rotatable bonds is 12. The average molecular weight is 593 g/mol. The quantitative estimate of drug-likeness (QED) is 0.123. The number of anilines is 5. The molecule has 5 aromatic rings. The maximum atomic E-state index is 10.3. The number of hydrogen-bond acceptors (Lipinski definition) is 7. The first-order valence-electron chi connectivity index (χ1n) is 14.5. The Morgan fingerprint density at radius 2 is 1.30 bits per heavy atom. The van der Waals surface area contributed by atoms with Crippen molar-refractivity contribution >= 4 is 41.1 Å². The Labute approximate surface area is 257 Å². The van der Waals surface area contributed by atoms with Crippen molar-refractivity contribution in [2.24, 2.45) is 24.1 Å². The summed E-state index contributed by atoms with van der Waals surface area (Å²) in [4.78, 5) is 13.8. The molecule has 5 rings (SSSR count). The second-order valence-corrected chi connectivity index (χ2v) is 10.8. The van der Waals surface area contributed by atoms with E-state index >= 15 is 0 Å². The molecule has 0 aliphatic carbocycles. The fourth-order valence-corrected chi connectivity index (χ4v) is 4.68. The molecule has 11 nitrogen and oxygen atoms in total. The summed E-state index contributed by atoms with van der Waals surface area (Å²) in [6, 6.07) is 17.7. The fraction of sp³-hybridized carbons (Fsp3) is 0.242. The lowest BCUT2D eigenvalue weighted by atomic mass is 10.1. The van der Waals surface area contributed by atoms with E-state index in [1.54, 1.807) is 6.07 Å². The molecule has 2 unspecified atom stereocenters. The highest BCUT2D eigenvalue weighted by atomic mass is 16.3. The minimum absolute atomic E-state index is 0.0203. The molecule has 2 atom stereocenters. The van der Waals surface area contributed by atoms with Gasteiger partial charge in [-0.25, -0.2) is 23.3 Å². The van der Waals surface area contributed by atoms with Crippen LogP contribution in [0.15, 0.2) is 102 Å². The summed E-state index contributed by atoms with van der Waals surface area (Å²) in [5.41, 5.74) is 10.4. The number of imidazole rings is 2. The number of benzene rings is 2. The summed E-state index contributed by atoms with van der Waals surface area (Å²) in [5, 5.41) is 17.0. The van der Waals surface area contributed by atoms with E-state index in [9.17, 15) is 5.11 Å². The summed E-state index contributed by atoms with van der Waals surface area (Å²) in [5.74, 6) is 0.452. The molecule has 0 saturated carbocycles. The van der Waals surface area contributed by atoms with Crippen LogP contribution >= 0.6 is 0 Å². The molecular formula is C33H40N10O+2. The Morgan fingerprint density at radius 3 is 1.75 bits per heavy atom. The third-order valence-corrected chi connectivity index (χ3v) is 7.25. The Hall–Kier alpha value is -5.45. The van der Waals surface area contributed by atoms with Gasteiger partial charge < -0.3 is 21.5 Å². The fourth-order valence-electron chi connectivity index (χ4n) is 4.68. The first-order valence-corrected chi connectivity index (χ1v) is 14.5. The summed E-state index contributed by atoms with van der Waals surface area (Å²) in [6.45, 7) is 5.58. The number of nitrogens with zero attached hydrogens (tertiary/aromatic N) is 7. The zero-order valence-electron chi connectivity index (χ0n) is 25.5. The largest absolute Gasteiger partial charge is 0.504 e. The van der Waals surface area contributed by atoms with Crippen molar-refractivity contribution in [3.63, 3.8) is 0 Å². The molecule has 0 saturated heterocycles. The number of nitrogen functional groups attached to an aromatic ring is 1. The number of nitrogens with one attached hydrogen (secondary N) is 2. The van der Waals surface area contributed by atoms with Crippen LogP contribution in [-0.4, -0.2) is 31.7 Å². The van der Waals surface area contributed by atoms with E-state index in [0.29, 0.717) is 11.5 Å². The van der Waals surface area contributed by atoms with Crippen molar-refractivity contribution in [2.75, 3.05) is 16.4 Å². The van der Waals surface area contributed by atoms with Crippen LogP contribution in [0, 0.1) is 0 Å². The van der Waals surface area contributed by atoms with Gasteiger partial charge in [0.15, 0.2) is 17.4 Å². The molecule has 0 amide bonds. The number of aromatic nitrogens is 5. The van der Waals surface area contributed by atoms with Crippen LogP contribution in [0.25, 0.3) is 0 Å². The summed E-state index contributed by atoms with van der Waals surface area (Å²) in [6.07, 6.45) is 15.9. The van der Waals surface area contributed by atoms with E-state index in [1.165, 1.54) is 0 Å². The van der Waals surface area contributed by atoms with Gasteiger partial charge in [-0.1, -0.05) is 24.3 Å². The Morgan fingerprint density at radius 1 is 0.818 bits per heavy atom. The molecule has 0 radical (unpaired) electrons. The van der Waals surface area contributed by atoms with E-state index in [2.05, 4.69) is 48.6 Å². The number of nitrogens with two attached hydrogens (primary N) is 1. The van der Waals surface area contributed by atoms with E-state index in [0.717, 1.165) is 35.6 Å². The molecule has 44 heavy (non-hydrogen) atoms. The topological polar surface area (TPSA) is 126 Å². The van der Waals surface area contributed by atoms with Crippen LogP contribution in [-0.2, 0) is 27.2 Å². The first-order chi connectivity index (χ1) is 21.2.